The monoisotopic (exact) mass is 356 g/mol. The molecule has 1 aliphatic heterocycles. The molecule has 26 heavy (non-hydrogen) atoms. The van der Waals surface area contributed by atoms with Gasteiger partial charge in [0.1, 0.15) is 5.75 Å². The topological polar surface area (TPSA) is 61.8 Å². The molecular weight excluding hydrogens is 332 g/mol. The molecule has 0 saturated carbocycles. The van der Waals surface area contributed by atoms with E-state index in [1.165, 1.54) is 0 Å². The molecule has 2 aliphatic rings. The van der Waals surface area contributed by atoms with Crippen LogP contribution in [0.4, 0.5) is 0 Å². The Balaban J connectivity index is 2.20. The summed E-state index contributed by atoms with van der Waals surface area (Å²) < 4.78 is 16.3. The molecule has 0 radical (unpaired) electrons. The lowest BCUT2D eigenvalue weighted by Gasteiger charge is -2.30. The molecule has 1 aromatic carbocycles. The van der Waals surface area contributed by atoms with Crippen molar-refractivity contribution in [1.29, 1.82) is 0 Å². The van der Waals surface area contributed by atoms with E-state index < -0.39 is 18.0 Å². The number of hydrogen-bond acceptors (Lipinski definition) is 5. The molecule has 138 valence electrons. The largest absolute Gasteiger partial charge is 0.473 e. The summed E-state index contributed by atoms with van der Waals surface area (Å²) in [5.41, 5.74) is 2.91. The normalized spacial score (nSPS) is 19.2. The number of rotatable bonds is 5. The average Bonchev–Trinajstić information content (AvgIpc) is 2.67. The maximum absolute atomic E-state index is 12.8. The Labute approximate surface area is 153 Å². The summed E-state index contributed by atoms with van der Waals surface area (Å²) in [4.78, 5) is 25.3. The molecular formula is C21H24O5. The van der Waals surface area contributed by atoms with Crippen molar-refractivity contribution < 1.29 is 23.8 Å². The molecule has 0 bridgehead atoms. The van der Waals surface area contributed by atoms with Gasteiger partial charge >= 0.3 is 11.9 Å². The molecule has 5 nitrogen and oxygen atoms in total. The van der Waals surface area contributed by atoms with Crippen molar-refractivity contribution in [1.82, 2.24) is 0 Å². The van der Waals surface area contributed by atoms with Gasteiger partial charge in [-0.25, -0.2) is 9.59 Å². The van der Waals surface area contributed by atoms with E-state index in [-0.39, 0.29) is 18.8 Å². The van der Waals surface area contributed by atoms with Crippen LogP contribution in [0.5, 0.6) is 5.75 Å². The number of hydrogen-bond donors (Lipinski definition) is 0. The van der Waals surface area contributed by atoms with Crippen molar-refractivity contribution in [3.63, 3.8) is 0 Å². The molecule has 3 rings (SSSR count). The van der Waals surface area contributed by atoms with Gasteiger partial charge in [0.25, 0.3) is 0 Å². The highest BCUT2D eigenvalue weighted by atomic mass is 16.6. The van der Waals surface area contributed by atoms with E-state index in [1.807, 2.05) is 24.3 Å². The van der Waals surface area contributed by atoms with Crippen molar-refractivity contribution >= 4 is 17.5 Å². The van der Waals surface area contributed by atoms with E-state index in [1.54, 1.807) is 13.8 Å². The van der Waals surface area contributed by atoms with E-state index in [2.05, 4.69) is 6.08 Å². The van der Waals surface area contributed by atoms with Crippen LogP contribution >= 0.6 is 0 Å². The van der Waals surface area contributed by atoms with Gasteiger partial charge in [0, 0.05) is 11.1 Å². The molecule has 0 aromatic heterocycles. The van der Waals surface area contributed by atoms with Crippen LogP contribution in [0, 0.1) is 0 Å². The smallest absolute Gasteiger partial charge is 0.352 e. The molecule has 0 fully saturated rings. The third-order valence-electron chi connectivity index (χ3n) is 4.54. The summed E-state index contributed by atoms with van der Waals surface area (Å²) in [5, 5.41) is 0. The fourth-order valence-electron chi connectivity index (χ4n) is 3.45. The summed E-state index contributed by atoms with van der Waals surface area (Å²) in [6.45, 7) is 3.92. The SMILES string of the molecule is CCOC(=O)C1=C(C2=CCCCC2)c2ccccc2OC1C(=O)OCC. The summed E-state index contributed by atoms with van der Waals surface area (Å²) in [6.07, 6.45) is 5.05. The maximum atomic E-state index is 12.8. The van der Waals surface area contributed by atoms with Crippen molar-refractivity contribution in [2.75, 3.05) is 13.2 Å². The Morgan fingerprint density at radius 3 is 2.58 bits per heavy atom. The highest BCUT2D eigenvalue weighted by Gasteiger charge is 2.40. The zero-order chi connectivity index (χ0) is 18.5. The van der Waals surface area contributed by atoms with Crippen LogP contribution in [0.1, 0.15) is 45.1 Å². The molecule has 1 atom stereocenters. The number of allylic oxidation sites excluding steroid dienone is 3. The van der Waals surface area contributed by atoms with Gasteiger partial charge in [-0.05, 0) is 51.2 Å². The third-order valence-corrected chi connectivity index (χ3v) is 4.54. The third kappa shape index (κ3) is 3.52. The Bertz CT molecular complexity index is 759. The quantitative estimate of drug-likeness (QED) is 0.751. The molecule has 5 heteroatoms. The fourth-order valence-corrected chi connectivity index (χ4v) is 3.45. The standard InChI is InChI=1S/C21H24O5/c1-3-24-20(22)18-17(14-10-6-5-7-11-14)15-12-8-9-13-16(15)26-19(18)21(23)25-4-2/h8-10,12-13,19H,3-7,11H2,1-2H3. The predicted molar refractivity (Wildman–Crippen MR) is 97.6 cm³/mol. The van der Waals surface area contributed by atoms with Crippen LogP contribution in [0.15, 0.2) is 41.5 Å². The van der Waals surface area contributed by atoms with Crippen LogP contribution in [0.3, 0.4) is 0 Å². The second-order valence-electron chi connectivity index (χ2n) is 6.23. The minimum atomic E-state index is -1.11. The van der Waals surface area contributed by atoms with Crippen molar-refractivity contribution in [3.05, 3.63) is 47.1 Å². The first kappa shape index (κ1) is 18.2. The van der Waals surface area contributed by atoms with Gasteiger partial charge in [-0.1, -0.05) is 24.3 Å². The Morgan fingerprint density at radius 1 is 1.12 bits per heavy atom. The first-order chi connectivity index (χ1) is 12.7. The zero-order valence-electron chi connectivity index (χ0n) is 15.2. The molecule has 0 N–H and O–H groups in total. The Kier molecular flexibility index (Phi) is 5.76. The molecule has 1 aliphatic carbocycles. The van der Waals surface area contributed by atoms with Crippen LogP contribution in [-0.4, -0.2) is 31.3 Å². The van der Waals surface area contributed by atoms with Crippen molar-refractivity contribution in [3.8, 4) is 5.75 Å². The fraction of sp³-hybridized carbons (Fsp3) is 0.429. The van der Waals surface area contributed by atoms with E-state index in [9.17, 15) is 9.59 Å². The lowest BCUT2D eigenvalue weighted by Crippen LogP contribution is -2.38. The van der Waals surface area contributed by atoms with E-state index in [0.29, 0.717) is 5.75 Å². The van der Waals surface area contributed by atoms with Gasteiger partial charge in [-0.3, -0.25) is 0 Å². The summed E-state index contributed by atoms with van der Waals surface area (Å²) in [7, 11) is 0. The van der Waals surface area contributed by atoms with Crippen LogP contribution in [0.25, 0.3) is 5.57 Å². The minimum Gasteiger partial charge on any atom is -0.473 e. The molecule has 1 heterocycles. The summed E-state index contributed by atoms with van der Waals surface area (Å²) in [6, 6.07) is 7.48. The van der Waals surface area contributed by atoms with E-state index in [0.717, 1.165) is 42.4 Å². The first-order valence-electron chi connectivity index (χ1n) is 9.20. The predicted octanol–water partition coefficient (Wildman–Crippen LogP) is 3.83. The highest BCUT2D eigenvalue weighted by molar-refractivity contribution is 6.08. The lowest BCUT2D eigenvalue weighted by molar-refractivity contribution is -0.153. The highest BCUT2D eigenvalue weighted by Crippen LogP contribution is 2.43. The number of benzene rings is 1. The van der Waals surface area contributed by atoms with Gasteiger partial charge in [0.2, 0.25) is 6.10 Å². The molecule has 0 saturated heterocycles. The minimum absolute atomic E-state index is 0.217. The van der Waals surface area contributed by atoms with Crippen molar-refractivity contribution in [2.24, 2.45) is 0 Å². The second kappa shape index (κ2) is 8.21. The molecule has 1 aromatic rings. The molecule has 0 spiro atoms. The van der Waals surface area contributed by atoms with Gasteiger partial charge in [-0.15, -0.1) is 0 Å². The van der Waals surface area contributed by atoms with Gasteiger partial charge in [0.15, 0.2) is 0 Å². The summed E-state index contributed by atoms with van der Waals surface area (Å²) >= 11 is 0. The second-order valence-corrected chi connectivity index (χ2v) is 6.23. The van der Waals surface area contributed by atoms with Crippen LogP contribution < -0.4 is 4.74 Å². The molecule has 0 amide bonds. The lowest BCUT2D eigenvalue weighted by atomic mass is 9.83. The van der Waals surface area contributed by atoms with Crippen molar-refractivity contribution in [2.45, 2.75) is 45.6 Å². The number of carbonyl (C=O) groups is 2. The summed E-state index contributed by atoms with van der Waals surface area (Å²) in [5.74, 6) is -0.513. The van der Waals surface area contributed by atoms with Gasteiger partial charge < -0.3 is 14.2 Å². The number of esters is 2. The Hall–Kier alpha value is -2.56. The number of carbonyl (C=O) groups excluding carboxylic acids is 2. The number of ether oxygens (including phenoxy) is 3. The van der Waals surface area contributed by atoms with E-state index >= 15 is 0 Å². The zero-order valence-corrected chi connectivity index (χ0v) is 15.2. The van der Waals surface area contributed by atoms with Crippen LogP contribution in [-0.2, 0) is 19.1 Å². The number of para-hydroxylation sites is 1. The van der Waals surface area contributed by atoms with Crippen LogP contribution in [0.2, 0.25) is 0 Å². The average molecular weight is 356 g/mol. The maximum Gasteiger partial charge on any atom is 0.352 e. The van der Waals surface area contributed by atoms with E-state index in [4.69, 9.17) is 14.2 Å². The number of fused-ring (bicyclic) bond motifs is 1. The first-order valence-corrected chi connectivity index (χ1v) is 9.20. The Morgan fingerprint density at radius 2 is 1.88 bits per heavy atom. The van der Waals surface area contributed by atoms with Gasteiger partial charge in [0.05, 0.1) is 18.8 Å². The van der Waals surface area contributed by atoms with Gasteiger partial charge in [-0.2, -0.15) is 0 Å². The molecule has 1 unspecified atom stereocenters.